The molecule has 0 spiro atoms. The summed E-state index contributed by atoms with van der Waals surface area (Å²) in [5.74, 6) is 0.814. The summed E-state index contributed by atoms with van der Waals surface area (Å²) in [5.41, 5.74) is 0.963. The Labute approximate surface area is 82.2 Å². The van der Waals surface area contributed by atoms with Gasteiger partial charge in [-0.1, -0.05) is 15.9 Å². The Morgan fingerprint density at radius 2 is 2.36 bits per heavy atom. The average Bonchev–Trinajstić information content (AvgIpc) is 2.05. The van der Waals surface area contributed by atoms with E-state index in [0.29, 0.717) is 0 Å². The second-order valence-electron chi connectivity index (χ2n) is 1.94. The molecule has 0 N–H and O–H groups in total. The van der Waals surface area contributed by atoms with Gasteiger partial charge in [0.25, 0.3) is 0 Å². The molecule has 0 saturated carbocycles. The summed E-state index contributed by atoms with van der Waals surface area (Å²) in [6, 6.07) is 1.89. The van der Waals surface area contributed by atoms with Crippen molar-refractivity contribution in [2.45, 2.75) is 5.33 Å². The number of methoxy groups -OCH3 is 1. The number of aromatic nitrogens is 1. The lowest BCUT2D eigenvalue weighted by Crippen LogP contribution is -1.89. The lowest BCUT2D eigenvalue weighted by atomic mass is 10.4. The first-order valence-corrected chi connectivity index (χ1v) is 4.93. The van der Waals surface area contributed by atoms with Gasteiger partial charge in [-0.2, -0.15) is 0 Å². The van der Waals surface area contributed by atoms with Crippen molar-refractivity contribution in [3.8, 4) is 5.75 Å². The van der Waals surface area contributed by atoms with Gasteiger partial charge in [0.05, 0.1) is 17.3 Å². The lowest BCUT2D eigenvalue weighted by Gasteiger charge is -2.02. The molecule has 0 aliphatic carbocycles. The van der Waals surface area contributed by atoms with E-state index in [4.69, 9.17) is 4.74 Å². The van der Waals surface area contributed by atoms with Crippen LogP contribution in [0.25, 0.3) is 0 Å². The Hall–Kier alpha value is -0.0900. The average molecular weight is 281 g/mol. The second kappa shape index (κ2) is 4.07. The van der Waals surface area contributed by atoms with E-state index in [2.05, 4.69) is 36.8 Å². The van der Waals surface area contributed by atoms with Crippen LogP contribution in [0.4, 0.5) is 0 Å². The molecule has 0 unspecified atom stereocenters. The third-order valence-electron chi connectivity index (χ3n) is 1.23. The molecule has 0 fully saturated rings. The minimum Gasteiger partial charge on any atom is -0.495 e. The number of pyridine rings is 1. The largest absolute Gasteiger partial charge is 0.495 e. The molecule has 11 heavy (non-hydrogen) atoms. The molecule has 0 radical (unpaired) electrons. The second-order valence-corrected chi connectivity index (χ2v) is 3.36. The maximum Gasteiger partial charge on any atom is 0.136 e. The number of alkyl halides is 1. The Bertz CT molecular complexity index is 252. The smallest absolute Gasteiger partial charge is 0.136 e. The molecule has 4 heteroatoms. The Kier molecular flexibility index (Phi) is 3.33. The fraction of sp³-hybridized carbons (Fsp3) is 0.286. The first-order chi connectivity index (χ1) is 5.27. The van der Waals surface area contributed by atoms with Crippen LogP contribution in [0.5, 0.6) is 5.75 Å². The number of rotatable bonds is 2. The quantitative estimate of drug-likeness (QED) is 0.777. The van der Waals surface area contributed by atoms with Gasteiger partial charge in [-0.3, -0.25) is 4.98 Å². The van der Waals surface area contributed by atoms with Gasteiger partial charge in [0.1, 0.15) is 5.75 Å². The molecule has 1 rings (SSSR count). The highest BCUT2D eigenvalue weighted by Crippen LogP contribution is 2.24. The molecule has 2 nitrogen and oxygen atoms in total. The van der Waals surface area contributed by atoms with Crippen LogP contribution >= 0.6 is 31.9 Å². The molecule has 0 amide bonds. The van der Waals surface area contributed by atoms with E-state index in [9.17, 15) is 0 Å². The van der Waals surface area contributed by atoms with Crippen LogP contribution in [-0.2, 0) is 5.33 Å². The predicted octanol–water partition coefficient (Wildman–Crippen LogP) is 2.75. The third kappa shape index (κ3) is 2.17. The van der Waals surface area contributed by atoms with Crippen molar-refractivity contribution in [1.82, 2.24) is 4.98 Å². The molecule has 0 saturated heterocycles. The van der Waals surface area contributed by atoms with E-state index >= 15 is 0 Å². The minimum atomic E-state index is 0.747. The van der Waals surface area contributed by atoms with Gasteiger partial charge in [-0.15, -0.1) is 0 Å². The summed E-state index contributed by atoms with van der Waals surface area (Å²) >= 11 is 6.63. The maximum atomic E-state index is 5.08. The van der Waals surface area contributed by atoms with Crippen molar-refractivity contribution in [2.75, 3.05) is 7.11 Å². The third-order valence-corrected chi connectivity index (χ3v) is 2.40. The molecule has 0 aliphatic heterocycles. The standard InChI is InChI=1S/C7H7Br2NO/c1-11-7-2-5(3-8)10-4-6(7)9/h2,4H,3H2,1H3. The Morgan fingerprint density at radius 3 is 2.91 bits per heavy atom. The monoisotopic (exact) mass is 279 g/mol. The molecule has 1 aromatic heterocycles. The first kappa shape index (κ1) is 9.00. The van der Waals surface area contributed by atoms with E-state index in [1.807, 2.05) is 6.07 Å². The van der Waals surface area contributed by atoms with Crippen molar-refractivity contribution in [2.24, 2.45) is 0 Å². The number of nitrogens with zero attached hydrogens (tertiary/aromatic N) is 1. The molecule has 0 aromatic carbocycles. The van der Waals surface area contributed by atoms with Gasteiger partial charge < -0.3 is 4.74 Å². The van der Waals surface area contributed by atoms with E-state index in [-0.39, 0.29) is 0 Å². The normalized spacial score (nSPS) is 9.73. The van der Waals surface area contributed by atoms with E-state index in [1.54, 1.807) is 13.3 Å². The minimum absolute atomic E-state index is 0.747. The van der Waals surface area contributed by atoms with Crippen molar-refractivity contribution in [3.63, 3.8) is 0 Å². The van der Waals surface area contributed by atoms with E-state index in [1.165, 1.54) is 0 Å². The first-order valence-electron chi connectivity index (χ1n) is 3.02. The molecule has 1 aromatic rings. The molecule has 60 valence electrons. The Morgan fingerprint density at radius 1 is 1.64 bits per heavy atom. The van der Waals surface area contributed by atoms with Crippen molar-refractivity contribution in [1.29, 1.82) is 0 Å². The number of hydrogen-bond donors (Lipinski definition) is 0. The zero-order valence-corrected chi connectivity index (χ0v) is 9.15. The zero-order chi connectivity index (χ0) is 8.27. The van der Waals surface area contributed by atoms with Crippen LogP contribution in [0.1, 0.15) is 5.69 Å². The molecule has 1 heterocycles. The fourth-order valence-electron chi connectivity index (χ4n) is 0.690. The summed E-state index contributed by atoms with van der Waals surface area (Å²) in [5, 5.41) is 0.747. The molecule has 0 bridgehead atoms. The molecular weight excluding hydrogens is 274 g/mol. The van der Waals surface area contributed by atoms with E-state index in [0.717, 1.165) is 21.2 Å². The fourth-order valence-corrected chi connectivity index (χ4v) is 1.38. The lowest BCUT2D eigenvalue weighted by molar-refractivity contribution is 0.411. The van der Waals surface area contributed by atoms with Gasteiger partial charge in [-0.25, -0.2) is 0 Å². The van der Waals surface area contributed by atoms with Crippen LogP contribution < -0.4 is 4.74 Å². The zero-order valence-electron chi connectivity index (χ0n) is 5.97. The van der Waals surface area contributed by atoms with Crippen molar-refractivity contribution < 1.29 is 4.74 Å². The van der Waals surface area contributed by atoms with Gasteiger partial charge in [0, 0.05) is 17.6 Å². The van der Waals surface area contributed by atoms with Gasteiger partial charge in [-0.05, 0) is 15.9 Å². The SMILES string of the molecule is COc1cc(CBr)ncc1Br. The van der Waals surface area contributed by atoms with Crippen LogP contribution in [0, 0.1) is 0 Å². The van der Waals surface area contributed by atoms with Crippen LogP contribution in [0.2, 0.25) is 0 Å². The highest BCUT2D eigenvalue weighted by atomic mass is 79.9. The van der Waals surface area contributed by atoms with Crippen LogP contribution in [0.3, 0.4) is 0 Å². The molecule has 0 aliphatic rings. The number of ether oxygens (including phenoxy) is 1. The van der Waals surface area contributed by atoms with Crippen LogP contribution in [-0.4, -0.2) is 12.1 Å². The molecule has 0 atom stereocenters. The predicted molar refractivity (Wildman–Crippen MR) is 51.1 cm³/mol. The van der Waals surface area contributed by atoms with Gasteiger partial charge in [0.2, 0.25) is 0 Å². The van der Waals surface area contributed by atoms with Gasteiger partial charge in [0.15, 0.2) is 0 Å². The summed E-state index contributed by atoms with van der Waals surface area (Å²) in [6.07, 6.45) is 1.73. The highest BCUT2D eigenvalue weighted by molar-refractivity contribution is 9.10. The highest BCUT2D eigenvalue weighted by Gasteiger charge is 2.00. The van der Waals surface area contributed by atoms with E-state index < -0.39 is 0 Å². The van der Waals surface area contributed by atoms with Gasteiger partial charge >= 0.3 is 0 Å². The van der Waals surface area contributed by atoms with Crippen molar-refractivity contribution in [3.05, 3.63) is 22.4 Å². The summed E-state index contributed by atoms with van der Waals surface area (Å²) in [7, 11) is 1.64. The molecular formula is C7H7Br2NO. The van der Waals surface area contributed by atoms with Crippen LogP contribution in [0.15, 0.2) is 16.7 Å². The van der Waals surface area contributed by atoms with Crippen molar-refractivity contribution >= 4 is 31.9 Å². The Balaban J connectivity index is 3.02. The summed E-state index contributed by atoms with van der Waals surface area (Å²) in [6.45, 7) is 0. The number of halogens is 2. The topological polar surface area (TPSA) is 22.1 Å². The maximum absolute atomic E-state index is 5.08. The summed E-state index contributed by atoms with van der Waals surface area (Å²) in [4.78, 5) is 4.13. The number of hydrogen-bond acceptors (Lipinski definition) is 2. The summed E-state index contributed by atoms with van der Waals surface area (Å²) < 4.78 is 5.96.